The molecule has 2 amide bonds. The van der Waals surface area contributed by atoms with Gasteiger partial charge in [-0.15, -0.1) is 0 Å². The lowest BCUT2D eigenvalue weighted by Gasteiger charge is -2.28. The summed E-state index contributed by atoms with van der Waals surface area (Å²) >= 11 is 0. The van der Waals surface area contributed by atoms with Crippen molar-refractivity contribution in [2.45, 2.75) is 33.2 Å². The van der Waals surface area contributed by atoms with E-state index in [-0.39, 0.29) is 6.03 Å². The Hall–Kier alpha value is -3.28. The normalized spacial score (nSPS) is 16.3. The number of urea groups is 1. The lowest BCUT2D eigenvalue weighted by Crippen LogP contribution is -2.45. The van der Waals surface area contributed by atoms with E-state index >= 15 is 0 Å². The zero-order chi connectivity index (χ0) is 20.3. The molecule has 2 aromatic carbocycles. The fraction of sp³-hybridized carbons (Fsp3) is 0.273. The number of aryl methyl sites for hydroxylation is 2. The highest BCUT2D eigenvalue weighted by atomic mass is 16.5. The molecule has 28 heavy (non-hydrogen) atoms. The van der Waals surface area contributed by atoms with Crippen LogP contribution >= 0.6 is 0 Å². The monoisotopic (exact) mass is 380 g/mol. The smallest absolute Gasteiger partial charge is 0.337 e. The van der Waals surface area contributed by atoms with E-state index in [0.717, 1.165) is 16.9 Å². The molecule has 0 bridgehead atoms. The molecule has 146 valence electrons. The highest BCUT2D eigenvalue weighted by Gasteiger charge is 2.32. The van der Waals surface area contributed by atoms with Crippen LogP contribution in [0.4, 0.5) is 4.79 Å². The number of carbonyl (C=O) groups is 2. The van der Waals surface area contributed by atoms with Crippen LogP contribution in [0.1, 0.15) is 36.1 Å². The van der Waals surface area contributed by atoms with Gasteiger partial charge >= 0.3 is 12.0 Å². The van der Waals surface area contributed by atoms with Crippen LogP contribution in [-0.4, -0.2) is 19.1 Å². The molecule has 1 aliphatic heterocycles. The average molecular weight is 380 g/mol. The van der Waals surface area contributed by atoms with Crippen molar-refractivity contribution in [3.05, 3.63) is 70.4 Å². The summed E-state index contributed by atoms with van der Waals surface area (Å²) in [6.45, 7) is 5.97. The van der Waals surface area contributed by atoms with Crippen LogP contribution in [0, 0.1) is 13.8 Å². The Bertz CT molecular complexity index is 932. The summed E-state index contributed by atoms with van der Waals surface area (Å²) in [4.78, 5) is 24.3. The molecule has 6 nitrogen and oxygen atoms in total. The van der Waals surface area contributed by atoms with E-state index in [1.54, 1.807) is 0 Å². The van der Waals surface area contributed by atoms with Crippen molar-refractivity contribution in [3.8, 4) is 11.5 Å². The minimum absolute atomic E-state index is 0.343. The number of methoxy groups -OCH3 is 1. The number of amides is 2. The second kappa shape index (κ2) is 8.17. The number of ether oxygens (including phenoxy) is 2. The fourth-order valence-electron chi connectivity index (χ4n) is 3.14. The molecule has 0 aromatic heterocycles. The van der Waals surface area contributed by atoms with Crippen LogP contribution < -0.4 is 15.4 Å². The van der Waals surface area contributed by atoms with E-state index in [0.29, 0.717) is 23.4 Å². The van der Waals surface area contributed by atoms with E-state index in [2.05, 4.69) is 17.6 Å². The maximum atomic E-state index is 12.3. The van der Waals surface area contributed by atoms with Crippen LogP contribution in [-0.2, 0) is 9.53 Å². The summed E-state index contributed by atoms with van der Waals surface area (Å²) in [6, 6.07) is 12.3. The average Bonchev–Trinajstić information content (AvgIpc) is 2.70. The molecule has 1 atom stereocenters. The highest BCUT2D eigenvalue weighted by molar-refractivity contribution is 5.95. The van der Waals surface area contributed by atoms with Gasteiger partial charge in [-0.25, -0.2) is 9.59 Å². The summed E-state index contributed by atoms with van der Waals surface area (Å²) in [7, 11) is 1.33. The first-order chi connectivity index (χ1) is 13.4. The van der Waals surface area contributed by atoms with Crippen LogP contribution in [0.15, 0.2) is 53.7 Å². The Morgan fingerprint density at radius 1 is 1.04 bits per heavy atom. The summed E-state index contributed by atoms with van der Waals surface area (Å²) in [6.07, 6.45) is 0.516. The topological polar surface area (TPSA) is 76.7 Å². The predicted molar refractivity (Wildman–Crippen MR) is 106 cm³/mol. The van der Waals surface area contributed by atoms with Crippen LogP contribution in [0.5, 0.6) is 11.5 Å². The van der Waals surface area contributed by atoms with E-state index in [9.17, 15) is 9.59 Å². The van der Waals surface area contributed by atoms with Crippen LogP contribution in [0.3, 0.4) is 0 Å². The molecule has 0 spiro atoms. The summed E-state index contributed by atoms with van der Waals surface area (Å²) in [5.74, 6) is 0.964. The van der Waals surface area contributed by atoms with Gasteiger partial charge in [-0.1, -0.05) is 25.1 Å². The van der Waals surface area contributed by atoms with Gasteiger partial charge in [0.15, 0.2) is 0 Å². The number of hydrogen-bond donors (Lipinski definition) is 2. The number of esters is 1. The molecule has 0 saturated heterocycles. The molecule has 2 N–H and O–H groups in total. The third-order valence-corrected chi connectivity index (χ3v) is 4.84. The molecule has 2 aromatic rings. The number of nitrogens with one attached hydrogen (secondary N) is 2. The van der Waals surface area contributed by atoms with Gasteiger partial charge in [0, 0.05) is 5.70 Å². The van der Waals surface area contributed by atoms with Crippen molar-refractivity contribution in [2.75, 3.05) is 7.11 Å². The Balaban J connectivity index is 1.87. The Kier molecular flexibility index (Phi) is 5.68. The first-order valence-electron chi connectivity index (χ1n) is 9.16. The predicted octanol–water partition coefficient (Wildman–Crippen LogP) is 4.29. The fourth-order valence-corrected chi connectivity index (χ4v) is 3.14. The Morgan fingerprint density at radius 3 is 2.32 bits per heavy atom. The quantitative estimate of drug-likeness (QED) is 0.759. The second-order valence-corrected chi connectivity index (χ2v) is 6.69. The van der Waals surface area contributed by atoms with Gasteiger partial charge in [0.05, 0.1) is 18.7 Å². The Morgan fingerprint density at radius 2 is 1.71 bits per heavy atom. The lowest BCUT2D eigenvalue weighted by molar-refractivity contribution is -0.136. The largest absolute Gasteiger partial charge is 0.466 e. The van der Waals surface area contributed by atoms with Gasteiger partial charge in [-0.3, -0.25) is 0 Å². The van der Waals surface area contributed by atoms with Crippen LogP contribution in [0.2, 0.25) is 0 Å². The summed E-state index contributed by atoms with van der Waals surface area (Å²) in [5.41, 5.74) is 4.11. The number of carbonyl (C=O) groups excluding carboxylic acids is 2. The van der Waals surface area contributed by atoms with E-state index in [1.807, 2.05) is 56.3 Å². The molecule has 1 aliphatic rings. The molecule has 0 fully saturated rings. The number of benzene rings is 2. The van der Waals surface area contributed by atoms with E-state index in [4.69, 9.17) is 9.47 Å². The number of hydrogen-bond acceptors (Lipinski definition) is 4. The van der Waals surface area contributed by atoms with E-state index in [1.165, 1.54) is 12.7 Å². The zero-order valence-electron chi connectivity index (χ0n) is 16.5. The van der Waals surface area contributed by atoms with Gasteiger partial charge in [-0.2, -0.15) is 0 Å². The molecule has 1 unspecified atom stereocenters. The molecular weight excluding hydrogens is 356 g/mol. The van der Waals surface area contributed by atoms with Gasteiger partial charge in [0.25, 0.3) is 0 Å². The van der Waals surface area contributed by atoms with Crippen molar-refractivity contribution in [1.82, 2.24) is 10.6 Å². The molecule has 6 heteroatoms. The van der Waals surface area contributed by atoms with Gasteiger partial charge in [0.1, 0.15) is 11.5 Å². The zero-order valence-corrected chi connectivity index (χ0v) is 16.5. The maximum Gasteiger partial charge on any atom is 0.337 e. The van der Waals surface area contributed by atoms with E-state index < -0.39 is 12.0 Å². The Labute approximate surface area is 164 Å². The van der Waals surface area contributed by atoms with Crippen LogP contribution in [0.25, 0.3) is 0 Å². The maximum absolute atomic E-state index is 12.3. The summed E-state index contributed by atoms with van der Waals surface area (Å²) in [5, 5.41) is 5.48. The first-order valence-corrected chi connectivity index (χ1v) is 9.16. The highest BCUT2D eigenvalue weighted by Crippen LogP contribution is 2.31. The molecular formula is C22H24N2O4. The van der Waals surface area contributed by atoms with Crippen molar-refractivity contribution < 1.29 is 19.1 Å². The third-order valence-electron chi connectivity index (χ3n) is 4.84. The minimum Gasteiger partial charge on any atom is -0.466 e. The minimum atomic E-state index is -0.577. The van der Waals surface area contributed by atoms with Gasteiger partial charge in [0.2, 0.25) is 0 Å². The second-order valence-electron chi connectivity index (χ2n) is 6.69. The summed E-state index contributed by atoms with van der Waals surface area (Å²) < 4.78 is 10.8. The molecule has 0 saturated carbocycles. The first kappa shape index (κ1) is 19.5. The van der Waals surface area contributed by atoms with Crippen molar-refractivity contribution in [3.63, 3.8) is 0 Å². The number of allylic oxidation sites excluding steroid dienone is 1. The molecule has 0 aliphatic carbocycles. The standard InChI is InChI=1S/C22H24N2O4/c1-5-18-19(21(25)27-4)20(24-22(26)23-18)15-7-10-16(11-8-15)28-17-9-6-13(2)14(3)12-17/h6-12,20H,5H2,1-4H3,(H2,23,24,26). The SMILES string of the molecule is CCC1=C(C(=O)OC)C(c2ccc(Oc3ccc(C)c(C)c3)cc2)NC(=O)N1. The van der Waals surface area contributed by atoms with Gasteiger partial charge < -0.3 is 20.1 Å². The lowest BCUT2D eigenvalue weighted by atomic mass is 9.94. The molecule has 3 rings (SSSR count). The van der Waals surface area contributed by atoms with Crippen molar-refractivity contribution >= 4 is 12.0 Å². The molecule has 1 heterocycles. The number of rotatable bonds is 5. The van der Waals surface area contributed by atoms with Gasteiger partial charge in [-0.05, 0) is 61.2 Å². The van der Waals surface area contributed by atoms with Crippen molar-refractivity contribution in [2.24, 2.45) is 0 Å². The van der Waals surface area contributed by atoms with Crippen molar-refractivity contribution in [1.29, 1.82) is 0 Å². The third kappa shape index (κ3) is 4.01. The molecule has 0 radical (unpaired) electrons.